The molecule has 3 aromatic rings. The lowest BCUT2D eigenvalue weighted by Crippen LogP contribution is -2.46. The van der Waals surface area contributed by atoms with Crippen molar-refractivity contribution in [1.82, 2.24) is 20.6 Å². The maximum atomic E-state index is 12.5. The predicted molar refractivity (Wildman–Crippen MR) is 136 cm³/mol. The van der Waals surface area contributed by atoms with Gasteiger partial charge in [-0.2, -0.15) is 0 Å². The number of nitrogens with zero attached hydrogens (tertiary/aromatic N) is 2. The number of benzene rings is 2. The number of carbonyl (C=O) groups excluding carboxylic acids is 1. The van der Waals surface area contributed by atoms with E-state index in [2.05, 4.69) is 20.6 Å². The molecule has 0 radical (unpaired) electrons. The molecule has 172 valence electrons. The van der Waals surface area contributed by atoms with Gasteiger partial charge in [0.2, 0.25) is 5.91 Å². The molecule has 1 saturated heterocycles. The van der Waals surface area contributed by atoms with Gasteiger partial charge in [-0.25, -0.2) is 9.97 Å². The molecule has 4 rings (SSSR count). The molecule has 2 aromatic carbocycles. The lowest BCUT2D eigenvalue weighted by molar-refractivity contribution is -0.119. The number of aromatic nitrogens is 2. The van der Waals surface area contributed by atoms with Crippen LogP contribution in [0.25, 0.3) is 11.1 Å². The minimum absolute atomic E-state index is 0.0158. The lowest BCUT2D eigenvalue weighted by atomic mass is 9.95. The Morgan fingerprint density at radius 3 is 2.61 bits per heavy atom. The number of amides is 1. The van der Waals surface area contributed by atoms with Crippen molar-refractivity contribution in [3.63, 3.8) is 0 Å². The molecule has 1 aliphatic rings. The zero-order valence-electron chi connectivity index (χ0n) is 18.3. The van der Waals surface area contributed by atoms with Crippen LogP contribution in [0.15, 0.2) is 66.1 Å². The van der Waals surface area contributed by atoms with Crippen LogP contribution in [-0.2, 0) is 11.2 Å². The molecule has 0 saturated carbocycles. The number of thioether (sulfide) groups is 1. The van der Waals surface area contributed by atoms with E-state index < -0.39 is 0 Å². The molecule has 8 heteroatoms. The number of hydrogen-bond acceptors (Lipinski definition) is 5. The third-order valence-electron chi connectivity index (χ3n) is 5.82. The Labute approximate surface area is 208 Å². The summed E-state index contributed by atoms with van der Waals surface area (Å²) >= 11 is 13.5. The van der Waals surface area contributed by atoms with Crippen molar-refractivity contribution in [2.75, 3.05) is 12.3 Å². The van der Waals surface area contributed by atoms with Gasteiger partial charge in [-0.3, -0.25) is 4.79 Å². The van der Waals surface area contributed by atoms with Crippen LogP contribution < -0.4 is 10.6 Å². The summed E-state index contributed by atoms with van der Waals surface area (Å²) in [4.78, 5) is 21.2. The number of carbonyl (C=O) groups is 1. The van der Waals surface area contributed by atoms with E-state index in [1.54, 1.807) is 12.4 Å². The van der Waals surface area contributed by atoms with E-state index in [0.717, 1.165) is 30.5 Å². The fraction of sp³-hybridized carbons (Fsp3) is 0.320. The van der Waals surface area contributed by atoms with E-state index in [-0.39, 0.29) is 23.7 Å². The zero-order chi connectivity index (χ0) is 23.2. The normalized spacial score (nSPS) is 18.8. The van der Waals surface area contributed by atoms with E-state index in [9.17, 15) is 4.79 Å². The molecule has 5 nitrogen and oxygen atoms in total. The third-order valence-corrected chi connectivity index (χ3v) is 7.44. The van der Waals surface area contributed by atoms with Crippen molar-refractivity contribution >= 4 is 40.9 Å². The number of nitrogens with one attached hydrogen (secondary N) is 2. The van der Waals surface area contributed by atoms with Gasteiger partial charge in [-0.1, -0.05) is 71.4 Å². The second kappa shape index (κ2) is 11.3. The molecule has 0 aliphatic carbocycles. The summed E-state index contributed by atoms with van der Waals surface area (Å²) in [5.41, 5.74) is 3.21. The first-order chi connectivity index (χ1) is 16.0. The first kappa shape index (κ1) is 24.0. The fourth-order valence-electron chi connectivity index (χ4n) is 4.08. The van der Waals surface area contributed by atoms with E-state index in [1.807, 2.05) is 55.5 Å². The lowest BCUT2D eigenvalue weighted by Gasteiger charge is -2.21. The largest absolute Gasteiger partial charge is 0.351 e. The second-order valence-electron chi connectivity index (χ2n) is 8.33. The molecular formula is C25H26Cl2N4OS. The first-order valence-corrected chi connectivity index (χ1v) is 12.7. The zero-order valence-corrected chi connectivity index (χ0v) is 20.6. The van der Waals surface area contributed by atoms with Gasteiger partial charge in [0.15, 0.2) is 5.16 Å². The molecule has 33 heavy (non-hydrogen) atoms. The Morgan fingerprint density at radius 1 is 1.12 bits per heavy atom. The molecule has 1 aliphatic heterocycles. The molecule has 2 heterocycles. The van der Waals surface area contributed by atoms with Crippen LogP contribution in [0.1, 0.15) is 18.9 Å². The van der Waals surface area contributed by atoms with E-state index in [4.69, 9.17) is 23.2 Å². The Hall–Kier alpha value is -2.12. The van der Waals surface area contributed by atoms with Gasteiger partial charge in [0.05, 0.1) is 15.8 Å². The van der Waals surface area contributed by atoms with Crippen LogP contribution in [0, 0.1) is 5.92 Å². The molecule has 0 spiro atoms. The molecule has 1 aromatic heterocycles. The van der Waals surface area contributed by atoms with Crippen molar-refractivity contribution in [3.05, 3.63) is 76.5 Å². The van der Waals surface area contributed by atoms with Gasteiger partial charge in [-0.15, -0.1) is 0 Å². The van der Waals surface area contributed by atoms with Crippen molar-refractivity contribution < 1.29 is 4.79 Å². The van der Waals surface area contributed by atoms with Gasteiger partial charge in [-0.05, 0) is 55.5 Å². The maximum Gasteiger partial charge on any atom is 0.230 e. The minimum Gasteiger partial charge on any atom is -0.351 e. The highest BCUT2D eigenvalue weighted by atomic mass is 35.5. The van der Waals surface area contributed by atoms with Gasteiger partial charge < -0.3 is 10.6 Å². The van der Waals surface area contributed by atoms with Crippen molar-refractivity contribution in [2.24, 2.45) is 5.92 Å². The molecule has 3 atom stereocenters. The molecule has 1 amide bonds. The van der Waals surface area contributed by atoms with Crippen LogP contribution >= 0.6 is 35.0 Å². The minimum atomic E-state index is -0.0158. The Balaban J connectivity index is 1.21. The third kappa shape index (κ3) is 6.70. The second-order valence-corrected chi connectivity index (χ2v) is 10.1. The van der Waals surface area contributed by atoms with E-state index in [1.165, 1.54) is 17.3 Å². The number of halogens is 2. The van der Waals surface area contributed by atoms with Crippen LogP contribution in [-0.4, -0.2) is 40.3 Å². The summed E-state index contributed by atoms with van der Waals surface area (Å²) in [6.45, 7) is 2.97. The summed E-state index contributed by atoms with van der Waals surface area (Å²) in [6, 6.07) is 16.1. The molecular weight excluding hydrogens is 475 g/mol. The summed E-state index contributed by atoms with van der Waals surface area (Å²) < 4.78 is 0. The van der Waals surface area contributed by atoms with Crippen molar-refractivity contribution in [1.29, 1.82) is 0 Å². The highest BCUT2D eigenvalue weighted by Gasteiger charge is 2.29. The topological polar surface area (TPSA) is 66.9 Å². The Bertz CT molecular complexity index is 1080. The van der Waals surface area contributed by atoms with E-state index >= 15 is 0 Å². The molecule has 1 fully saturated rings. The summed E-state index contributed by atoms with van der Waals surface area (Å²) in [5.74, 6) is 0.768. The van der Waals surface area contributed by atoms with Crippen molar-refractivity contribution in [3.8, 4) is 11.1 Å². The maximum absolute atomic E-state index is 12.5. The van der Waals surface area contributed by atoms with E-state index in [0.29, 0.717) is 21.1 Å². The standard InChI is InChI=1S/C25H26Cl2N4OS/c1-16(23-11-18(12-28-23)9-17-7-8-21(26)22(27)10-17)31-24(32)15-33-25-29-13-20(14-30-25)19-5-3-2-4-6-19/h2-8,10,13-14,16,18,23,28H,9,11-12,15H2,1H3,(H,31,32)/t16?,18-,23-/m0/s1. The Kier molecular flexibility index (Phi) is 8.25. The van der Waals surface area contributed by atoms with Crippen LogP contribution in [0.2, 0.25) is 10.0 Å². The molecule has 0 bridgehead atoms. The molecule has 2 N–H and O–H groups in total. The smallest absolute Gasteiger partial charge is 0.230 e. The average Bonchev–Trinajstić information content (AvgIpc) is 3.30. The van der Waals surface area contributed by atoms with Gasteiger partial charge in [0.1, 0.15) is 0 Å². The Morgan fingerprint density at radius 2 is 1.88 bits per heavy atom. The van der Waals surface area contributed by atoms with Crippen LogP contribution in [0.3, 0.4) is 0 Å². The van der Waals surface area contributed by atoms with Crippen LogP contribution in [0.5, 0.6) is 0 Å². The average molecular weight is 501 g/mol. The van der Waals surface area contributed by atoms with Gasteiger partial charge in [0, 0.05) is 30.0 Å². The quantitative estimate of drug-likeness (QED) is 0.325. The summed E-state index contributed by atoms with van der Waals surface area (Å²) in [5, 5.41) is 8.43. The van der Waals surface area contributed by atoms with Gasteiger partial charge >= 0.3 is 0 Å². The fourth-order valence-corrected chi connectivity index (χ4v) is 5.00. The summed E-state index contributed by atoms with van der Waals surface area (Å²) in [7, 11) is 0. The van der Waals surface area contributed by atoms with Gasteiger partial charge in [0.25, 0.3) is 0 Å². The monoisotopic (exact) mass is 500 g/mol. The SMILES string of the molecule is CC(NC(=O)CSc1ncc(-c2ccccc2)cn1)[C@@H]1C[C@H](Cc2ccc(Cl)c(Cl)c2)CN1. The number of rotatable bonds is 8. The highest BCUT2D eigenvalue weighted by Crippen LogP contribution is 2.26. The highest BCUT2D eigenvalue weighted by molar-refractivity contribution is 7.99. The summed E-state index contributed by atoms with van der Waals surface area (Å²) in [6.07, 6.45) is 5.52. The predicted octanol–water partition coefficient (Wildman–Crippen LogP) is 5.27. The molecule has 1 unspecified atom stereocenters. The van der Waals surface area contributed by atoms with Crippen LogP contribution in [0.4, 0.5) is 0 Å². The number of hydrogen-bond donors (Lipinski definition) is 2. The van der Waals surface area contributed by atoms with Crippen molar-refractivity contribution in [2.45, 2.75) is 37.0 Å². The first-order valence-electron chi connectivity index (χ1n) is 10.9.